The number of aryl methyl sites for hydroxylation is 1. The first-order valence-corrected chi connectivity index (χ1v) is 4.36. The molecule has 0 radical (unpaired) electrons. The SMILES string of the molecule is Cc1nnnn1-c1ccc(N)cc1Cl. The Labute approximate surface area is 85.5 Å². The van der Waals surface area contributed by atoms with Crippen molar-refractivity contribution in [1.29, 1.82) is 0 Å². The van der Waals surface area contributed by atoms with E-state index < -0.39 is 0 Å². The summed E-state index contributed by atoms with van der Waals surface area (Å²) < 4.78 is 1.56. The topological polar surface area (TPSA) is 69.6 Å². The standard InChI is InChI=1S/C8H8ClN5/c1-5-11-12-13-14(5)8-3-2-6(10)4-7(8)9/h2-4H,10H2,1H3. The van der Waals surface area contributed by atoms with Gasteiger partial charge in [-0.15, -0.1) is 5.10 Å². The fraction of sp³-hybridized carbons (Fsp3) is 0.125. The summed E-state index contributed by atoms with van der Waals surface area (Å²) in [4.78, 5) is 0. The van der Waals surface area contributed by atoms with Crippen molar-refractivity contribution in [3.05, 3.63) is 29.0 Å². The number of nitrogens with zero attached hydrogens (tertiary/aromatic N) is 4. The molecule has 0 aliphatic carbocycles. The highest BCUT2D eigenvalue weighted by Crippen LogP contribution is 2.22. The minimum atomic E-state index is 0.528. The lowest BCUT2D eigenvalue weighted by molar-refractivity contribution is 0.780. The van der Waals surface area contributed by atoms with Gasteiger partial charge in [0, 0.05) is 5.69 Å². The summed E-state index contributed by atoms with van der Waals surface area (Å²) in [6, 6.07) is 5.20. The van der Waals surface area contributed by atoms with Gasteiger partial charge in [-0.1, -0.05) is 11.6 Å². The number of halogens is 1. The summed E-state index contributed by atoms with van der Waals surface area (Å²) in [7, 11) is 0. The van der Waals surface area contributed by atoms with Crippen LogP contribution in [0.3, 0.4) is 0 Å². The Kier molecular flexibility index (Phi) is 2.09. The third-order valence-corrected chi connectivity index (χ3v) is 2.13. The molecule has 0 saturated carbocycles. The largest absolute Gasteiger partial charge is 0.399 e. The molecule has 0 aliphatic heterocycles. The highest BCUT2D eigenvalue weighted by atomic mass is 35.5. The second-order valence-corrected chi connectivity index (χ2v) is 3.26. The van der Waals surface area contributed by atoms with Gasteiger partial charge in [0.15, 0.2) is 5.82 Å². The number of nitrogens with two attached hydrogens (primary N) is 1. The van der Waals surface area contributed by atoms with Crippen molar-refractivity contribution >= 4 is 17.3 Å². The molecular weight excluding hydrogens is 202 g/mol. The molecule has 14 heavy (non-hydrogen) atoms. The van der Waals surface area contributed by atoms with Crippen LogP contribution in [0.25, 0.3) is 5.69 Å². The van der Waals surface area contributed by atoms with Crippen LogP contribution in [0.4, 0.5) is 5.69 Å². The molecule has 0 aliphatic rings. The van der Waals surface area contributed by atoms with Crippen LogP contribution in [-0.4, -0.2) is 20.2 Å². The molecular formula is C8H8ClN5. The van der Waals surface area contributed by atoms with Crippen molar-refractivity contribution < 1.29 is 0 Å². The lowest BCUT2D eigenvalue weighted by atomic mass is 10.3. The number of anilines is 1. The third-order valence-electron chi connectivity index (χ3n) is 1.83. The first kappa shape index (κ1) is 8.96. The van der Waals surface area contributed by atoms with Crippen LogP contribution in [0.5, 0.6) is 0 Å². The molecule has 2 aromatic rings. The van der Waals surface area contributed by atoms with Crippen LogP contribution in [0.2, 0.25) is 5.02 Å². The maximum absolute atomic E-state index is 6.00. The van der Waals surface area contributed by atoms with Crippen LogP contribution >= 0.6 is 11.6 Å². The van der Waals surface area contributed by atoms with E-state index in [4.69, 9.17) is 17.3 Å². The molecule has 0 bridgehead atoms. The average molecular weight is 210 g/mol. The molecule has 2 N–H and O–H groups in total. The van der Waals surface area contributed by atoms with E-state index in [0.29, 0.717) is 16.5 Å². The Morgan fingerprint density at radius 3 is 2.79 bits per heavy atom. The Morgan fingerprint density at radius 1 is 1.43 bits per heavy atom. The first-order chi connectivity index (χ1) is 6.68. The summed E-state index contributed by atoms with van der Waals surface area (Å²) in [5.41, 5.74) is 6.91. The van der Waals surface area contributed by atoms with Crippen molar-refractivity contribution in [2.45, 2.75) is 6.92 Å². The van der Waals surface area contributed by atoms with Gasteiger partial charge in [-0.3, -0.25) is 0 Å². The quantitative estimate of drug-likeness (QED) is 0.717. The monoisotopic (exact) mass is 209 g/mol. The number of nitrogen functional groups attached to an aromatic ring is 1. The number of tetrazole rings is 1. The van der Waals surface area contributed by atoms with Crippen molar-refractivity contribution in [3.63, 3.8) is 0 Å². The average Bonchev–Trinajstić information content (AvgIpc) is 2.52. The molecule has 0 saturated heterocycles. The number of hydrogen-bond acceptors (Lipinski definition) is 4. The normalized spacial score (nSPS) is 10.4. The molecule has 0 atom stereocenters. The predicted molar refractivity (Wildman–Crippen MR) is 53.3 cm³/mol. The van der Waals surface area contributed by atoms with Gasteiger partial charge in [0.05, 0.1) is 10.7 Å². The van der Waals surface area contributed by atoms with E-state index in [2.05, 4.69) is 15.5 Å². The van der Waals surface area contributed by atoms with E-state index in [1.54, 1.807) is 29.8 Å². The molecule has 1 aromatic heterocycles. The van der Waals surface area contributed by atoms with Crippen molar-refractivity contribution in [1.82, 2.24) is 20.2 Å². The zero-order valence-electron chi connectivity index (χ0n) is 7.48. The second kappa shape index (κ2) is 3.26. The lowest BCUT2D eigenvalue weighted by Gasteiger charge is -2.04. The van der Waals surface area contributed by atoms with Gasteiger partial charge in [-0.25, -0.2) is 0 Å². The van der Waals surface area contributed by atoms with Crippen molar-refractivity contribution in [2.24, 2.45) is 0 Å². The van der Waals surface area contributed by atoms with Gasteiger partial charge in [0.2, 0.25) is 0 Å². The van der Waals surface area contributed by atoms with E-state index in [-0.39, 0.29) is 0 Å². The maximum Gasteiger partial charge on any atom is 0.153 e. The Morgan fingerprint density at radius 2 is 2.21 bits per heavy atom. The summed E-state index contributed by atoms with van der Waals surface area (Å²) in [5.74, 6) is 0.677. The van der Waals surface area contributed by atoms with Crippen LogP contribution in [0.1, 0.15) is 5.82 Å². The molecule has 72 valence electrons. The highest BCUT2D eigenvalue weighted by molar-refractivity contribution is 6.32. The van der Waals surface area contributed by atoms with Crippen LogP contribution in [0, 0.1) is 6.92 Å². The Hall–Kier alpha value is -1.62. The molecule has 0 unspecified atom stereocenters. The van der Waals surface area contributed by atoms with E-state index in [9.17, 15) is 0 Å². The Balaban J connectivity index is 2.58. The van der Waals surface area contributed by atoms with Crippen molar-refractivity contribution in [2.75, 3.05) is 5.73 Å². The van der Waals surface area contributed by atoms with Crippen molar-refractivity contribution in [3.8, 4) is 5.69 Å². The molecule has 1 heterocycles. The summed E-state index contributed by atoms with van der Waals surface area (Å²) in [6.45, 7) is 1.80. The minimum absolute atomic E-state index is 0.528. The summed E-state index contributed by atoms with van der Waals surface area (Å²) in [6.07, 6.45) is 0. The van der Waals surface area contributed by atoms with E-state index in [1.807, 2.05) is 0 Å². The smallest absolute Gasteiger partial charge is 0.153 e. The first-order valence-electron chi connectivity index (χ1n) is 3.99. The van der Waals surface area contributed by atoms with E-state index in [1.165, 1.54) is 0 Å². The fourth-order valence-electron chi connectivity index (χ4n) is 1.15. The molecule has 0 fully saturated rings. The van der Waals surface area contributed by atoms with Crippen LogP contribution in [0.15, 0.2) is 18.2 Å². The van der Waals surface area contributed by atoms with Gasteiger partial charge in [0.25, 0.3) is 0 Å². The molecule has 0 spiro atoms. The number of rotatable bonds is 1. The summed E-state index contributed by atoms with van der Waals surface area (Å²) in [5, 5.41) is 11.6. The number of benzene rings is 1. The van der Waals surface area contributed by atoms with Gasteiger partial charge in [-0.05, 0) is 35.5 Å². The highest BCUT2D eigenvalue weighted by Gasteiger charge is 2.07. The lowest BCUT2D eigenvalue weighted by Crippen LogP contribution is -2.00. The fourth-order valence-corrected chi connectivity index (χ4v) is 1.42. The Bertz CT molecular complexity index is 465. The van der Waals surface area contributed by atoms with Gasteiger partial charge in [0.1, 0.15) is 0 Å². The van der Waals surface area contributed by atoms with Crippen LogP contribution in [-0.2, 0) is 0 Å². The number of hydrogen-bond donors (Lipinski definition) is 1. The molecule has 5 nitrogen and oxygen atoms in total. The third kappa shape index (κ3) is 1.42. The van der Waals surface area contributed by atoms with Crippen LogP contribution < -0.4 is 5.73 Å². The van der Waals surface area contributed by atoms with Gasteiger partial charge in [-0.2, -0.15) is 4.68 Å². The zero-order chi connectivity index (χ0) is 10.1. The maximum atomic E-state index is 6.00. The second-order valence-electron chi connectivity index (χ2n) is 2.85. The number of aromatic nitrogens is 4. The summed E-state index contributed by atoms with van der Waals surface area (Å²) >= 11 is 6.00. The van der Waals surface area contributed by atoms with E-state index >= 15 is 0 Å². The molecule has 0 amide bonds. The molecule has 1 aromatic carbocycles. The van der Waals surface area contributed by atoms with Gasteiger partial charge < -0.3 is 5.73 Å². The molecule has 6 heteroatoms. The minimum Gasteiger partial charge on any atom is -0.399 e. The van der Waals surface area contributed by atoms with E-state index in [0.717, 1.165) is 5.69 Å². The molecule has 2 rings (SSSR count). The van der Waals surface area contributed by atoms with Gasteiger partial charge >= 0.3 is 0 Å². The zero-order valence-corrected chi connectivity index (χ0v) is 8.23. The predicted octanol–water partition coefficient (Wildman–Crippen LogP) is 1.21.